The maximum absolute atomic E-state index is 12.8. The number of carbonyl (C=O) groups excluding carboxylic acids is 1. The van der Waals surface area contributed by atoms with Crippen LogP contribution < -0.4 is 10.0 Å². The molecule has 6 heteroatoms. The molecule has 0 aliphatic rings. The molecule has 0 aromatic heterocycles. The molecule has 0 bridgehead atoms. The van der Waals surface area contributed by atoms with E-state index < -0.39 is 10.0 Å². The lowest BCUT2D eigenvalue weighted by atomic mass is 10.0. The Bertz CT molecular complexity index is 1120. The second-order valence-corrected chi connectivity index (χ2v) is 9.16. The van der Waals surface area contributed by atoms with Gasteiger partial charge in [0.15, 0.2) is 0 Å². The molecular weight excluding hydrogens is 396 g/mol. The topological polar surface area (TPSA) is 75.3 Å². The summed E-state index contributed by atoms with van der Waals surface area (Å²) in [5, 5.41) is 2.96. The van der Waals surface area contributed by atoms with Crippen molar-refractivity contribution in [2.24, 2.45) is 0 Å². The molecule has 1 atom stereocenters. The van der Waals surface area contributed by atoms with Gasteiger partial charge in [-0.2, -0.15) is 0 Å². The molecule has 0 radical (unpaired) electrons. The number of amides is 1. The average molecular weight is 423 g/mol. The van der Waals surface area contributed by atoms with Crippen molar-refractivity contribution in [3.8, 4) is 0 Å². The first kappa shape index (κ1) is 21.7. The van der Waals surface area contributed by atoms with Crippen molar-refractivity contribution in [1.29, 1.82) is 0 Å². The van der Waals surface area contributed by atoms with Gasteiger partial charge in [-0.3, -0.25) is 4.79 Å². The Labute approximate surface area is 178 Å². The molecule has 0 fully saturated rings. The number of rotatable bonds is 7. The summed E-state index contributed by atoms with van der Waals surface area (Å²) in [6.45, 7) is 5.89. The van der Waals surface area contributed by atoms with Gasteiger partial charge < -0.3 is 5.32 Å². The molecular formula is C24H26N2O3S. The second-order valence-electron chi connectivity index (χ2n) is 7.39. The van der Waals surface area contributed by atoms with Gasteiger partial charge in [-0.05, 0) is 49.6 Å². The molecule has 0 saturated heterocycles. The molecule has 2 N–H and O–H groups in total. The van der Waals surface area contributed by atoms with Gasteiger partial charge in [0.25, 0.3) is 5.91 Å². The fourth-order valence-corrected chi connectivity index (χ4v) is 4.13. The molecule has 0 saturated carbocycles. The van der Waals surface area contributed by atoms with Gasteiger partial charge in [0.2, 0.25) is 10.0 Å². The van der Waals surface area contributed by atoms with Crippen LogP contribution in [-0.2, 0) is 16.6 Å². The van der Waals surface area contributed by atoms with Crippen LogP contribution in [0.1, 0.15) is 45.6 Å². The Kier molecular flexibility index (Phi) is 6.70. The third kappa shape index (κ3) is 5.34. The largest absolute Gasteiger partial charge is 0.346 e. The molecule has 0 aliphatic carbocycles. The fraction of sp³-hybridized carbons (Fsp3) is 0.208. The van der Waals surface area contributed by atoms with Crippen LogP contribution in [0.15, 0.2) is 77.7 Å². The van der Waals surface area contributed by atoms with Crippen molar-refractivity contribution in [2.45, 2.75) is 38.3 Å². The van der Waals surface area contributed by atoms with E-state index >= 15 is 0 Å². The van der Waals surface area contributed by atoms with E-state index in [0.29, 0.717) is 11.1 Å². The highest BCUT2D eigenvalue weighted by Gasteiger charge is 2.19. The minimum Gasteiger partial charge on any atom is -0.346 e. The number of hydrogen-bond acceptors (Lipinski definition) is 3. The van der Waals surface area contributed by atoms with Crippen LogP contribution in [0.25, 0.3) is 0 Å². The maximum atomic E-state index is 12.8. The Balaban J connectivity index is 1.76. The van der Waals surface area contributed by atoms with Gasteiger partial charge in [0.1, 0.15) is 0 Å². The number of hydrogen-bond donors (Lipinski definition) is 2. The monoisotopic (exact) mass is 422 g/mol. The Morgan fingerprint density at radius 1 is 0.933 bits per heavy atom. The molecule has 1 unspecified atom stereocenters. The quantitative estimate of drug-likeness (QED) is 0.597. The minimum atomic E-state index is -3.75. The van der Waals surface area contributed by atoms with E-state index in [1.54, 1.807) is 13.0 Å². The average Bonchev–Trinajstić information content (AvgIpc) is 2.73. The maximum Gasteiger partial charge on any atom is 0.252 e. The van der Waals surface area contributed by atoms with Crippen LogP contribution in [-0.4, -0.2) is 14.3 Å². The number of benzene rings is 3. The summed E-state index contributed by atoms with van der Waals surface area (Å²) in [4.78, 5) is 12.9. The van der Waals surface area contributed by atoms with E-state index in [1.807, 2.05) is 68.4 Å². The van der Waals surface area contributed by atoms with Gasteiger partial charge in [0, 0.05) is 12.1 Å². The van der Waals surface area contributed by atoms with Crippen molar-refractivity contribution in [3.63, 3.8) is 0 Å². The molecule has 3 aromatic rings. The van der Waals surface area contributed by atoms with Gasteiger partial charge in [-0.15, -0.1) is 0 Å². The summed E-state index contributed by atoms with van der Waals surface area (Å²) in [7, 11) is -3.75. The molecule has 5 nitrogen and oxygen atoms in total. The minimum absolute atomic E-state index is 0.0668. The van der Waals surface area contributed by atoms with Crippen LogP contribution >= 0.6 is 0 Å². The normalized spacial score (nSPS) is 12.4. The zero-order chi connectivity index (χ0) is 21.7. The van der Waals surface area contributed by atoms with E-state index in [1.165, 1.54) is 12.1 Å². The van der Waals surface area contributed by atoms with Crippen LogP contribution in [0.2, 0.25) is 0 Å². The first-order valence-electron chi connectivity index (χ1n) is 9.78. The van der Waals surface area contributed by atoms with E-state index in [-0.39, 0.29) is 23.4 Å². The SMILES string of the molecule is Cc1ccc(C(C)NC(=O)c2cc(S(=O)(=O)NCc3ccccc3)ccc2C)cc1. The highest BCUT2D eigenvalue weighted by molar-refractivity contribution is 7.89. The highest BCUT2D eigenvalue weighted by atomic mass is 32.2. The van der Waals surface area contributed by atoms with Crippen molar-refractivity contribution in [1.82, 2.24) is 10.0 Å². The third-order valence-corrected chi connectivity index (χ3v) is 6.40. The molecule has 30 heavy (non-hydrogen) atoms. The lowest BCUT2D eigenvalue weighted by molar-refractivity contribution is 0.0939. The first-order chi connectivity index (χ1) is 14.3. The van der Waals surface area contributed by atoms with Crippen molar-refractivity contribution < 1.29 is 13.2 Å². The third-order valence-electron chi connectivity index (χ3n) is 5.00. The van der Waals surface area contributed by atoms with Gasteiger partial charge in [-0.1, -0.05) is 66.2 Å². The molecule has 3 aromatic carbocycles. The van der Waals surface area contributed by atoms with E-state index in [4.69, 9.17) is 0 Å². The molecule has 156 valence electrons. The lowest BCUT2D eigenvalue weighted by Crippen LogP contribution is -2.28. The summed E-state index contributed by atoms with van der Waals surface area (Å²) >= 11 is 0. The van der Waals surface area contributed by atoms with Crippen LogP contribution in [0, 0.1) is 13.8 Å². The molecule has 1 amide bonds. The van der Waals surface area contributed by atoms with Crippen molar-refractivity contribution >= 4 is 15.9 Å². The first-order valence-corrected chi connectivity index (χ1v) is 11.3. The van der Waals surface area contributed by atoms with Gasteiger partial charge in [0.05, 0.1) is 10.9 Å². The lowest BCUT2D eigenvalue weighted by Gasteiger charge is -2.16. The van der Waals surface area contributed by atoms with Gasteiger partial charge >= 0.3 is 0 Å². The predicted molar refractivity (Wildman–Crippen MR) is 119 cm³/mol. The summed E-state index contributed by atoms with van der Waals surface area (Å²) < 4.78 is 28.0. The number of carbonyl (C=O) groups is 1. The summed E-state index contributed by atoms with van der Waals surface area (Å²) in [6.07, 6.45) is 0. The van der Waals surface area contributed by atoms with Gasteiger partial charge in [-0.25, -0.2) is 13.1 Å². The Hall–Kier alpha value is -2.96. The Morgan fingerprint density at radius 3 is 2.27 bits per heavy atom. The van der Waals surface area contributed by atoms with E-state index in [9.17, 15) is 13.2 Å². The zero-order valence-corrected chi connectivity index (χ0v) is 18.2. The molecule has 0 spiro atoms. The summed E-state index contributed by atoms with van der Waals surface area (Å²) in [5.74, 6) is -0.305. The summed E-state index contributed by atoms with van der Waals surface area (Å²) in [5.41, 5.74) is 4.05. The van der Waals surface area contributed by atoms with Crippen LogP contribution in [0.4, 0.5) is 0 Å². The van der Waals surface area contributed by atoms with Crippen molar-refractivity contribution in [3.05, 3.63) is 101 Å². The Morgan fingerprint density at radius 2 is 1.60 bits per heavy atom. The standard InChI is InChI=1S/C24H26N2O3S/c1-17-9-12-21(13-10-17)19(3)26-24(27)23-15-22(14-11-18(23)2)30(28,29)25-16-20-7-5-4-6-8-20/h4-15,19,25H,16H2,1-3H3,(H,26,27). The molecule has 3 rings (SSSR count). The van der Waals surface area contributed by atoms with Crippen LogP contribution in [0.5, 0.6) is 0 Å². The number of nitrogens with one attached hydrogen (secondary N) is 2. The smallest absolute Gasteiger partial charge is 0.252 e. The molecule has 0 heterocycles. The fourth-order valence-electron chi connectivity index (χ4n) is 3.08. The number of sulfonamides is 1. The van der Waals surface area contributed by atoms with Crippen molar-refractivity contribution in [2.75, 3.05) is 0 Å². The molecule has 0 aliphatic heterocycles. The van der Waals surface area contributed by atoms with E-state index in [0.717, 1.165) is 16.7 Å². The van der Waals surface area contributed by atoms with Crippen LogP contribution in [0.3, 0.4) is 0 Å². The summed E-state index contributed by atoms with van der Waals surface area (Å²) in [6, 6.07) is 21.6. The van der Waals surface area contributed by atoms with E-state index in [2.05, 4.69) is 10.0 Å². The zero-order valence-electron chi connectivity index (χ0n) is 17.3. The highest BCUT2D eigenvalue weighted by Crippen LogP contribution is 2.19. The predicted octanol–water partition coefficient (Wildman–Crippen LogP) is 4.27. The number of aryl methyl sites for hydroxylation is 2. The second kappa shape index (κ2) is 9.24.